The predicted molar refractivity (Wildman–Crippen MR) is 55.0 cm³/mol. The molecular weight excluding hydrogens is 192 g/mol. The van der Waals surface area contributed by atoms with E-state index in [1.807, 2.05) is 13.8 Å². The second-order valence-corrected chi connectivity index (χ2v) is 3.33. The van der Waals surface area contributed by atoms with Gasteiger partial charge in [-0.1, -0.05) is 13.8 Å². The topological polar surface area (TPSA) is 81.6 Å². The Hall–Kier alpha value is -1.83. The summed E-state index contributed by atoms with van der Waals surface area (Å²) in [5.41, 5.74) is -0.404. The molecule has 0 unspecified atom stereocenters. The quantitative estimate of drug-likeness (QED) is 0.777. The Morgan fingerprint density at radius 1 is 1.67 bits per heavy atom. The van der Waals surface area contributed by atoms with Gasteiger partial charge in [0.2, 0.25) is 0 Å². The molecule has 80 valence electrons. The molecule has 0 fully saturated rings. The lowest BCUT2D eigenvalue weighted by molar-refractivity contribution is 0.0910. The lowest BCUT2D eigenvalue weighted by atomic mass is 9.94. The number of nitrogens with zero attached hydrogens (tertiary/aromatic N) is 2. The van der Waals surface area contributed by atoms with Crippen molar-refractivity contribution < 1.29 is 4.79 Å². The van der Waals surface area contributed by atoms with E-state index in [2.05, 4.69) is 21.6 Å². The van der Waals surface area contributed by atoms with Gasteiger partial charge in [-0.05, 0) is 18.9 Å². The molecule has 0 atom stereocenters. The average molecular weight is 206 g/mol. The summed E-state index contributed by atoms with van der Waals surface area (Å²) in [4.78, 5) is 11.7. The third kappa shape index (κ3) is 2.34. The Kier molecular flexibility index (Phi) is 3.45. The lowest BCUT2D eigenvalue weighted by Crippen LogP contribution is -2.46. The fourth-order valence-corrected chi connectivity index (χ4v) is 1.28. The lowest BCUT2D eigenvalue weighted by Gasteiger charge is -2.24. The molecule has 2 N–H and O–H groups in total. The first-order valence-corrected chi connectivity index (χ1v) is 4.90. The molecule has 1 aromatic heterocycles. The first-order chi connectivity index (χ1) is 7.17. The van der Waals surface area contributed by atoms with Crippen LogP contribution in [0.2, 0.25) is 0 Å². The van der Waals surface area contributed by atoms with Crippen LogP contribution in [0.5, 0.6) is 0 Å². The van der Waals surface area contributed by atoms with Crippen molar-refractivity contribution in [1.82, 2.24) is 15.5 Å². The predicted octanol–water partition coefficient (Wildman–Crippen LogP) is 1.22. The van der Waals surface area contributed by atoms with E-state index in [9.17, 15) is 4.79 Å². The largest absolute Gasteiger partial charge is 0.332 e. The van der Waals surface area contributed by atoms with Gasteiger partial charge in [-0.3, -0.25) is 9.89 Å². The molecule has 0 saturated carbocycles. The first-order valence-electron chi connectivity index (χ1n) is 4.90. The molecule has 15 heavy (non-hydrogen) atoms. The Balaban J connectivity index is 2.77. The molecule has 0 aliphatic rings. The fraction of sp³-hybridized carbons (Fsp3) is 0.500. The van der Waals surface area contributed by atoms with Crippen LogP contribution in [-0.2, 0) is 0 Å². The number of aromatic amines is 1. The summed E-state index contributed by atoms with van der Waals surface area (Å²) < 4.78 is 0. The normalized spacial score (nSPS) is 10.7. The zero-order valence-electron chi connectivity index (χ0n) is 8.87. The van der Waals surface area contributed by atoms with Gasteiger partial charge in [-0.2, -0.15) is 10.4 Å². The van der Waals surface area contributed by atoms with Crippen LogP contribution in [0.1, 0.15) is 37.2 Å². The Morgan fingerprint density at radius 2 is 2.33 bits per heavy atom. The number of amides is 1. The van der Waals surface area contributed by atoms with Crippen molar-refractivity contribution in [2.75, 3.05) is 0 Å². The highest BCUT2D eigenvalue weighted by Crippen LogP contribution is 2.14. The number of carbonyl (C=O) groups is 1. The van der Waals surface area contributed by atoms with Crippen LogP contribution in [0.4, 0.5) is 0 Å². The van der Waals surface area contributed by atoms with Gasteiger partial charge in [0.1, 0.15) is 11.2 Å². The van der Waals surface area contributed by atoms with Crippen LogP contribution < -0.4 is 5.32 Å². The van der Waals surface area contributed by atoms with Gasteiger partial charge in [0.25, 0.3) is 5.91 Å². The van der Waals surface area contributed by atoms with Gasteiger partial charge in [0.05, 0.1) is 6.07 Å². The number of aromatic nitrogens is 2. The van der Waals surface area contributed by atoms with Crippen LogP contribution in [0.25, 0.3) is 0 Å². The first kappa shape index (κ1) is 11.2. The molecule has 1 heterocycles. The number of nitriles is 1. The van der Waals surface area contributed by atoms with E-state index in [4.69, 9.17) is 5.26 Å². The summed E-state index contributed by atoms with van der Waals surface area (Å²) in [6.45, 7) is 3.75. The maximum absolute atomic E-state index is 11.7. The zero-order valence-corrected chi connectivity index (χ0v) is 8.87. The third-order valence-corrected chi connectivity index (χ3v) is 2.52. The summed E-state index contributed by atoms with van der Waals surface area (Å²) in [5, 5.41) is 18.0. The van der Waals surface area contributed by atoms with Crippen molar-refractivity contribution in [1.29, 1.82) is 5.26 Å². The number of carbonyl (C=O) groups excluding carboxylic acids is 1. The fourth-order valence-electron chi connectivity index (χ4n) is 1.28. The number of H-pyrrole nitrogens is 1. The summed E-state index contributed by atoms with van der Waals surface area (Å²) in [6, 6.07) is 3.71. The molecule has 0 aromatic carbocycles. The zero-order chi connectivity index (χ0) is 11.3. The van der Waals surface area contributed by atoms with E-state index in [-0.39, 0.29) is 5.91 Å². The molecule has 1 rings (SSSR count). The van der Waals surface area contributed by atoms with Crippen molar-refractivity contribution in [2.24, 2.45) is 0 Å². The molecule has 0 radical (unpaired) electrons. The van der Waals surface area contributed by atoms with Gasteiger partial charge >= 0.3 is 0 Å². The second kappa shape index (κ2) is 4.60. The van der Waals surface area contributed by atoms with E-state index < -0.39 is 5.54 Å². The van der Waals surface area contributed by atoms with Crippen LogP contribution in [0.3, 0.4) is 0 Å². The van der Waals surface area contributed by atoms with E-state index in [0.717, 1.165) is 0 Å². The molecule has 0 aliphatic carbocycles. The summed E-state index contributed by atoms with van der Waals surface area (Å²) in [5.74, 6) is -0.294. The average Bonchev–Trinajstić information content (AvgIpc) is 2.79. The van der Waals surface area contributed by atoms with Crippen LogP contribution in [-0.4, -0.2) is 21.6 Å². The molecule has 1 amide bonds. The Morgan fingerprint density at radius 3 is 2.73 bits per heavy atom. The summed E-state index contributed by atoms with van der Waals surface area (Å²) >= 11 is 0. The maximum Gasteiger partial charge on any atom is 0.270 e. The Bertz CT molecular complexity index is 359. The molecule has 5 nitrogen and oxygen atoms in total. The molecular formula is C10H14N4O. The summed E-state index contributed by atoms with van der Waals surface area (Å²) in [6.07, 6.45) is 2.67. The van der Waals surface area contributed by atoms with Gasteiger partial charge in [-0.25, -0.2) is 0 Å². The van der Waals surface area contributed by atoms with Crippen molar-refractivity contribution in [3.63, 3.8) is 0 Å². The number of hydrogen-bond acceptors (Lipinski definition) is 3. The highest BCUT2D eigenvalue weighted by atomic mass is 16.2. The van der Waals surface area contributed by atoms with Gasteiger partial charge in [0.15, 0.2) is 0 Å². The smallest absolute Gasteiger partial charge is 0.270 e. The molecule has 0 spiro atoms. The standard InChI is InChI=1S/C10H14N4O/c1-3-10(4-2,7-11)13-9(15)8-5-6-12-14-8/h5-6H,3-4H2,1-2H3,(H,12,14)(H,13,15). The number of hydrogen-bond donors (Lipinski definition) is 2. The van der Waals surface area contributed by atoms with Crippen molar-refractivity contribution in [2.45, 2.75) is 32.2 Å². The SMILES string of the molecule is CCC(C#N)(CC)NC(=O)c1ccn[nH]1. The molecule has 0 saturated heterocycles. The number of rotatable bonds is 4. The van der Waals surface area contributed by atoms with Gasteiger partial charge in [0, 0.05) is 6.20 Å². The second-order valence-electron chi connectivity index (χ2n) is 3.33. The highest BCUT2D eigenvalue weighted by molar-refractivity contribution is 5.92. The van der Waals surface area contributed by atoms with Crippen molar-refractivity contribution in [3.05, 3.63) is 18.0 Å². The minimum Gasteiger partial charge on any atom is -0.332 e. The van der Waals surface area contributed by atoms with E-state index in [0.29, 0.717) is 18.5 Å². The van der Waals surface area contributed by atoms with E-state index >= 15 is 0 Å². The van der Waals surface area contributed by atoms with Gasteiger partial charge in [-0.15, -0.1) is 0 Å². The monoisotopic (exact) mass is 206 g/mol. The number of nitrogens with one attached hydrogen (secondary N) is 2. The third-order valence-electron chi connectivity index (χ3n) is 2.52. The molecule has 1 aromatic rings. The Labute approximate surface area is 88.5 Å². The van der Waals surface area contributed by atoms with Crippen molar-refractivity contribution >= 4 is 5.91 Å². The highest BCUT2D eigenvalue weighted by Gasteiger charge is 2.28. The van der Waals surface area contributed by atoms with Gasteiger partial charge < -0.3 is 5.32 Å². The van der Waals surface area contributed by atoms with E-state index in [1.54, 1.807) is 6.07 Å². The molecule has 0 bridgehead atoms. The minimum atomic E-state index is -0.776. The molecule has 5 heteroatoms. The van der Waals surface area contributed by atoms with E-state index in [1.165, 1.54) is 6.20 Å². The maximum atomic E-state index is 11.7. The van der Waals surface area contributed by atoms with Crippen LogP contribution in [0, 0.1) is 11.3 Å². The van der Waals surface area contributed by atoms with Crippen LogP contribution >= 0.6 is 0 Å². The minimum absolute atomic E-state index is 0.294. The van der Waals surface area contributed by atoms with Crippen molar-refractivity contribution in [3.8, 4) is 6.07 Å². The summed E-state index contributed by atoms with van der Waals surface area (Å²) in [7, 11) is 0. The molecule has 0 aliphatic heterocycles. The van der Waals surface area contributed by atoms with Crippen LogP contribution in [0.15, 0.2) is 12.3 Å².